The Morgan fingerprint density at radius 3 is 1.86 bits per heavy atom. The largest absolute Gasteiger partial charge is 0.116 e. The van der Waals surface area contributed by atoms with Crippen molar-refractivity contribution < 1.29 is 0 Å². The third-order valence-electron chi connectivity index (χ3n) is 2.41. The van der Waals surface area contributed by atoms with E-state index in [-0.39, 0.29) is 0 Å². The van der Waals surface area contributed by atoms with E-state index in [9.17, 15) is 0 Å². The lowest BCUT2D eigenvalue weighted by Gasteiger charge is -2.49. The summed E-state index contributed by atoms with van der Waals surface area (Å²) in [5.74, 6) is 0. The molecular weight excluding hydrogens is 103 g/mol. The average Bonchev–Trinajstić information content (AvgIpc) is 1.20. The first-order chi connectivity index (χ1) is 3.41. The van der Waals surface area contributed by atoms with Gasteiger partial charge in [-0.3, -0.25) is 0 Å². The van der Waals surface area contributed by atoms with Crippen molar-refractivity contribution in [2.75, 3.05) is 6.16 Å². The maximum Gasteiger partial charge on any atom is -0.0119 e. The Kier molecular flexibility index (Phi) is 0.758. The first-order valence-corrected chi connectivity index (χ1v) is 4.37. The van der Waals surface area contributed by atoms with Crippen molar-refractivity contribution in [3.05, 3.63) is 0 Å². The summed E-state index contributed by atoms with van der Waals surface area (Å²) < 4.78 is 0. The van der Waals surface area contributed by atoms with Gasteiger partial charge in [-0.25, -0.2) is 0 Å². The monoisotopic (exact) mass is 114 g/mol. The van der Waals surface area contributed by atoms with Crippen LogP contribution in [0.15, 0.2) is 0 Å². The molecule has 2 fully saturated rings. The summed E-state index contributed by atoms with van der Waals surface area (Å²) >= 11 is 0. The van der Waals surface area contributed by atoms with Crippen LogP contribution >= 0.6 is 8.58 Å². The molecule has 0 nitrogen and oxygen atoms in total. The predicted octanol–water partition coefficient (Wildman–Crippen LogP) is 1.99. The Labute approximate surface area is 46.5 Å². The quantitative estimate of drug-likeness (QED) is 0.422. The van der Waals surface area contributed by atoms with Crippen LogP contribution in [0.1, 0.15) is 25.7 Å². The van der Waals surface area contributed by atoms with Crippen molar-refractivity contribution in [1.82, 2.24) is 0 Å². The molecule has 7 heavy (non-hydrogen) atoms. The minimum Gasteiger partial charge on any atom is -0.116 e. The van der Waals surface area contributed by atoms with E-state index in [0.29, 0.717) is 0 Å². The third-order valence-corrected chi connectivity index (χ3v) is 4.41. The molecule has 0 aromatic rings. The van der Waals surface area contributed by atoms with Gasteiger partial charge >= 0.3 is 0 Å². The third kappa shape index (κ3) is 0.467. The van der Waals surface area contributed by atoms with Crippen molar-refractivity contribution in [2.24, 2.45) is 0 Å². The van der Waals surface area contributed by atoms with E-state index in [1.807, 2.05) is 0 Å². The first kappa shape index (κ1) is 4.32. The van der Waals surface area contributed by atoms with Crippen molar-refractivity contribution in [3.8, 4) is 0 Å². The molecule has 1 aliphatic heterocycles. The molecule has 1 heterocycles. The van der Waals surface area contributed by atoms with Gasteiger partial charge in [-0.15, -0.1) is 8.58 Å². The minimum absolute atomic E-state index is 0.972. The Morgan fingerprint density at radius 2 is 1.86 bits per heavy atom. The summed E-state index contributed by atoms with van der Waals surface area (Å²) in [6, 6.07) is 0. The molecular formula is C6H11P. The van der Waals surface area contributed by atoms with Gasteiger partial charge in [0.15, 0.2) is 0 Å². The summed E-state index contributed by atoms with van der Waals surface area (Å²) in [6.45, 7) is 0. The number of hydrogen-bond donors (Lipinski definition) is 0. The highest BCUT2D eigenvalue weighted by Gasteiger charge is 2.41. The molecule has 2 aliphatic rings. The maximum atomic E-state index is 1.57. The Hall–Kier alpha value is 0.430. The fraction of sp³-hybridized carbons (Fsp3) is 1.00. The fourth-order valence-electron chi connectivity index (χ4n) is 1.51. The van der Waals surface area contributed by atoms with Crippen LogP contribution in [-0.4, -0.2) is 11.3 Å². The van der Waals surface area contributed by atoms with Crippen LogP contribution < -0.4 is 0 Å². The van der Waals surface area contributed by atoms with Crippen LogP contribution in [0.4, 0.5) is 0 Å². The van der Waals surface area contributed by atoms with Crippen LogP contribution in [0, 0.1) is 0 Å². The van der Waals surface area contributed by atoms with Gasteiger partial charge in [-0.1, -0.05) is 6.42 Å². The summed E-state index contributed by atoms with van der Waals surface area (Å²) in [6.07, 6.45) is 7.81. The van der Waals surface area contributed by atoms with E-state index < -0.39 is 0 Å². The molecule has 1 saturated heterocycles. The van der Waals surface area contributed by atoms with Crippen molar-refractivity contribution >= 4 is 8.58 Å². The van der Waals surface area contributed by atoms with Gasteiger partial charge in [-0.05, 0) is 30.6 Å². The minimum atomic E-state index is 0.972. The van der Waals surface area contributed by atoms with E-state index in [1.165, 1.54) is 15.0 Å². The molecule has 1 heteroatoms. The molecule has 0 bridgehead atoms. The first-order valence-electron chi connectivity index (χ1n) is 3.16. The molecule has 0 aromatic carbocycles. The molecule has 0 aromatic heterocycles. The summed E-state index contributed by atoms with van der Waals surface area (Å²) in [5, 5.41) is 0.972. The average molecular weight is 114 g/mol. The zero-order valence-corrected chi connectivity index (χ0v) is 5.54. The van der Waals surface area contributed by atoms with Gasteiger partial charge in [0.1, 0.15) is 0 Å². The van der Waals surface area contributed by atoms with Crippen molar-refractivity contribution in [3.63, 3.8) is 0 Å². The SMILES string of the molecule is C1CC2(C1)CCP2. The molecule has 2 rings (SSSR count). The Bertz CT molecular complexity index is 64.7. The van der Waals surface area contributed by atoms with E-state index >= 15 is 0 Å². The van der Waals surface area contributed by atoms with E-state index in [1.54, 1.807) is 25.4 Å². The zero-order chi connectivity index (χ0) is 4.74. The molecule has 0 amide bonds. The number of hydrogen-bond acceptors (Lipinski definition) is 0. The molecule has 1 spiro atoms. The molecule has 0 N–H and O–H groups in total. The van der Waals surface area contributed by atoms with Gasteiger partial charge < -0.3 is 0 Å². The molecule has 1 unspecified atom stereocenters. The van der Waals surface area contributed by atoms with Crippen LogP contribution in [0.2, 0.25) is 0 Å². The summed E-state index contributed by atoms with van der Waals surface area (Å²) in [4.78, 5) is 0. The standard InChI is InChI=1S/C6H11P/c1-2-6(3-1)4-5-7-6/h7H,1-5H2. The van der Waals surface area contributed by atoms with E-state index in [2.05, 4.69) is 0 Å². The molecule has 1 saturated carbocycles. The highest BCUT2D eigenvalue weighted by molar-refractivity contribution is 7.42. The van der Waals surface area contributed by atoms with Crippen molar-refractivity contribution in [2.45, 2.75) is 30.8 Å². The van der Waals surface area contributed by atoms with E-state index in [4.69, 9.17) is 0 Å². The second-order valence-electron chi connectivity index (χ2n) is 2.81. The van der Waals surface area contributed by atoms with Gasteiger partial charge in [-0.2, -0.15) is 0 Å². The van der Waals surface area contributed by atoms with Crippen LogP contribution in [0.5, 0.6) is 0 Å². The molecule has 40 valence electrons. The Balaban J connectivity index is 2.00. The molecule has 0 radical (unpaired) electrons. The van der Waals surface area contributed by atoms with Crippen molar-refractivity contribution in [1.29, 1.82) is 0 Å². The lowest BCUT2D eigenvalue weighted by atomic mass is 9.81. The molecule has 1 aliphatic carbocycles. The highest BCUT2D eigenvalue weighted by Crippen LogP contribution is 2.58. The van der Waals surface area contributed by atoms with Gasteiger partial charge in [0.2, 0.25) is 0 Å². The molecule has 1 atom stereocenters. The lowest BCUT2D eigenvalue weighted by molar-refractivity contribution is 0.327. The van der Waals surface area contributed by atoms with Gasteiger partial charge in [0.05, 0.1) is 0 Å². The van der Waals surface area contributed by atoms with Gasteiger partial charge in [0.25, 0.3) is 0 Å². The highest BCUT2D eigenvalue weighted by atomic mass is 31.1. The second-order valence-corrected chi connectivity index (χ2v) is 4.72. The smallest absolute Gasteiger partial charge is 0.0119 e. The fourth-order valence-corrected chi connectivity index (χ4v) is 3.17. The topological polar surface area (TPSA) is 0 Å². The number of rotatable bonds is 0. The van der Waals surface area contributed by atoms with E-state index in [0.717, 1.165) is 5.16 Å². The Morgan fingerprint density at radius 1 is 1.14 bits per heavy atom. The summed E-state index contributed by atoms with van der Waals surface area (Å²) in [7, 11) is 1.35. The van der Waals surface area contributed by atoms with Crippen LogP contribution in [-0.2, 0) is 0 Å². The predicted molar refractivity (Wildman–Crippen MR) is 34.4 cm³/mol. The normalized spacial score (nSPS) is 37.7. The van der Waals surface area contributed by atoms with Crippen LogP contribution in [0.25, 0.3) is 0 Å². The lowest BCUT2D eigenvalue weighted by Crippen LogP contribution is -2.39. The summed E-state index contributed by atoms with van der Waals surface area (Å²) in [5.41, 5.74) is 0. The maximum absolute atomic E-state index is 1.57. The van der Waals surface area contributed by atoms with Crippen LogP contribution in [0.3, 0.4) is 0 Å². The van der Waals surface area contributed by atoms with Gasteiger partial charge in [0, 0.05) is 0 Å². The zero-order valence-electron chi connectivity index (χ0n) is 4.54. The second kappa shape index (κ2) is 1.23.